The van der Waals surface area contributed by atoms with Crippen LogP contribution in [-0.2, 0) is 27.8 Å². The lowest BCUT2D eigenvalue weighted by Gasteiger charge is -2.28. The molecule has 1 heterocycles. The third-order valence-electron chi connectivity index (χ3n) is 3.08. The van der Waals surface area contributed by atoms with E-state index in [0.29, 0.717) is 5.69 Å². The number of carbonyl (C=O) groups is 2. The summed E-state index contributed by atoms with van der Waals surface area (Å²) in [6.45, 7) is 5.60. The Morgan fingerprint density at radius 3 is 2.55 bits per heavy atom. The van der Waals surface area contributed by atoms with Crippen LogP contribution in [0.2, 0.25) is 0 Å². The summed E-state index contributed by atoms with van der Waals surface area (Å²) in [5, 5.41) is 13.8. The topological polar surface area (TPSA) is 81.4 Å². The minimum Gasteiger partial charge on any atom is -0.480 e. The average molecular weight is 282 g/mol. The Hall–Kier alpha value is -1.85. The summed E-state index contributed by atoms with van der Waals surface area (Å²) < 4.78 is 6.58. The summed E-state index contributed by atoms with van der Waals surface area (Å²) in [7, 11) is 1.75. The molecule has 112 valence electrons. The molecule has 0 aliphatic carbocycles. The summed E-state index contributed by atoms with van der Waals surface area (Å²) in [6, 6.07) is 1.72. The molecule has 0 radical (unpaired) electrons. The van der Waals surface area contributed by atoms with Crippen LogP contribution in [-0.4, -0.2) is 33.4 Å². The maximum absolute atomic E-state index is 12.2. The number of carboxylic acids is 1. The maximum Gasteiger partial charge on any atom is 0.323 e. The number of nitrogens with zero attached hydrogens (tertiary/aromatic N) is 2. The van der Waals surface area contributed by atoms with Crippen molar-refractivity contribution in [2.75, 3.05) is 6.61 Å². The minimum atomic E-state index is -1.57. The Balaban J connectivity index is 3.14. The maximum atomic E-state index is 12.2. The first-order valence-corrected chi connectivity index (χ1v) is 6.71. The number of hydrogen-bond acceptors (Lipinski definition) is 4. The van der Waals surface area contributed by atoms with Gasteiger partial charge in [-0.05, 0) is 25.3 Å². The van der Waals surface area contributed by atoms with Gasteiger partial charge in [0.05, 0.1) is 12.3 Å². The van der Waals surface area contributed by atoms with Gasteiger partial charge in [0.2, 0.25) is 0 Å². The number of hydrogen-bond donors (Lipinski definition) is 1. The van der Waals surface area contributed by atoms with Gasteiger partial charge in [0, 0.05) is 19.7 Å². The van der Waals surface area contributed by atoms with E-state index in [0.717, 1.165) is 0 Å². The van der Waals surface area contributed by atoms with Crippen molar-refractivity contribution in [1.82, 2.24) is 9.78 Å². The fourth-order valence-corrected chi connectivity index (χ4v) is 2.31. The molecule has 0 spiro atoms. The molecular weight excluding hydrogens is 260 g/mol. The molecule has 1 unspecified atom stereocenters. The molecular formula is C14H22N2O4. The molecule has 6 heteroatoms. The van der Waals surface area contributed by atoms with Crippen molar-refractivity contribution in [1.29, 1.82) is 0 Å². The molecule has 0 saturated carbocycles. The Morgan fingerprint density at radius 1 is 1.50 bits per heavy atom. The van der Waals surface area contributed by atoms with E-state index >= 15 is 0 Å². The molecule has 0 fully saturated rings. The molecule has 1 N–H and O–H groups in total. The second-order valence-corrected chi connectivity index (χ2v) is 5.36. The van der Waals surface area contributed by atoms with Crippen molar-refractivity contribution < 1.29 is 19.4 Å². The van der Waals surface area contributed by atoms with Crippen LogP contribution in [0.4, 0.5) is 0 Å². The van der Waals surface area contributed by atoms with Gasteiger partial charge in [-0.1, -0.05) is 13.8 Å². The van der Waals surface area contributed by atoms with Gasteiger partial charge in [-0.15, -0.1) is 0 Å². The van der Waals surface area contributed by atoms with E-state index in [1.165, 1.54) is 0 Å². The molecule has 1 aromatic rings. The smallest absolute Gasteiger partial charge is 0.323 e. The van der Waals surface area contributed by atoms with Crippen molar-refractivity contribution in [3.8, 4) is 0 Å². The molecule has 1 atom stereocenters. The molecule has 20 heavy (non-hydrogen) atoms. The highest BCUT2D eigenvalue weighted by Crippen LogP contribution is 2.32. The Morgan fingerprint density at radius 2 is 2.15 bits per heavy atom. The highest BCUT2D eigenvalue weighted by Gasteiger charge is 2.48. The molecule has 0 aliphatic heterocycles. The van der Waals surface area contributed by atoms with Crippen LogP contribution in [0.5, 0.6) is 0 Å². The molecule has 1 rings (SSSR count). The highest BCUT2D eigenvalue weighted by atomic mass is 16.5. The fourth-order valence-electron chi connectivity index (χ4n) is 2.31. The molecule has 1 aromatic heterocycles. The van der Waals surface area contributed by atoms with Gasteiger partial charge >= 0.3 is 11.9 Å². The molecule has 0 aromatic carbocycles. The lowest BCUT2D eigenvalue weighted by atomic mass is 9.76. The van der Waals surface area contributed by atoms with Crippen LogP contribution in [0.3, 0.4) is 0 Å². The Kier molecular flexibility index (Phi) is 5.30. The van der Waals surface area contributed by atoms with Crippen molar-refractivity contribution in [3.05, 3.63) is 18.0 Å². The zero-order valence-corrected chi connectivity index (χ0v) is 12.4. The number of carbonyl (C=O) groups excluding carboxylic acids is 1. The number of esters is 1. The van der Waals surface area contributed by atoms with E-state index in [4.69, 9.17) is 4.74 Å². The van der Waals surface area contributed by atoms with Gasteiger partial charge in [-0.2, -0.15) is 5.10 Å². The number of aliphatic carboxylic acids is 1. The van der Waals surface area contributed by atoms with Crippen molar-refractivity contribution in [2.45, 2.75) is 33.6 Å². The number of aryl methyl sites for hydroxylation is 1. The van der Waals surface area contributed by atoms with Crippen molar-refractivity contribution >= 4 is 11.9 Å². The fraction of sp³-hybridized carbons (Fsp3) is 0.643. The zero-order chi connectivity index (χ0) is 15.3. The third kappa shape index (κ3) is 3.59. The standard InChI is InChI=1S/C14H22N2O4/c1-5-20-13(19)14(12(17)18,8-10(2)3)9-11-6-7-16(4)15-11/h6-7,10H,5,8-9H2,1-4H3,(H,17,18). The van der Waals surface area contributed by atoms with Crippen LogP contribution < -0.4 is 0 Å². The molecule has 0 aliphatic rings. The van der Waals surface area contributed by atoms with Gasteiger partial charge < -0.3 is 9.84 Å². The quantitative estimate of drug-likeness (QED) is 0.607. The van der Waals surface area contributed by atoms with Gasteiger partial charge in [0.15, 0.2) is 5.41 Å². The largest absolute Gasteiger partial charge is 0.480 e. The summed E-state index contributed by atoms with van der Waals surface area (Å²) in [5.74, 6) is -1.79. The molecule has 0 amide bonds. The second kappa shape index (κ2) is 6.54. The first kappa shape index (κ1) is 16.2. The molecule has 0 bridgehead atoms. The van der Waals surface area contributed by atoms with E-state index in [1.54, 1.807) is 30.9 Å². The normalized spacial score (nSPS) is 14.1. The highest BCUT2D eigenvalue weighted by molar-refractivity contribution is 5.99. The van der Waals surface area contributed by atoms with Crippen LogP contribution in [0, 0.1) is 11.3 Å². The predicted octanol–water partition coefficient (Wildman–Crippen LogP) is 1.64. The van der Waals surface area contributed by atoms with Crippen molar-refractivity contribution in [2.24, 2.45) is 18.4 Å². The number of carboxylic acid groups (broad SMARTS) is 1. The van der Waals surface area contributed by atoms with Gasteiger partial charge in [-0.25, -0.2) is 0 Å². The number of aromatic nitrogens is 2. The third-order valence-corrected chi connectivity index (χ3v) is 3.08. The lowest BCUT2D eigenvalue weighted by molar-refractivity contribution is -0.170. The first-order chi connectivity index (χ1) is 9.31. The summed E-state index contributed by atoms with van der Waals surface area (Å²) in [4.78, 5) is 24.0. The van der Waals surface area contributed by atoms with Gasteiger partial charge in [0.25, 0.3) is 0 Å². The lowest BCUT2D eigenvalue weighted by Crippen LogP contribution is -2.44. The van der Waals surface area contributed by atoms with Crippen LogP contribution >= 0.6 is 0 Å². The van der Waals surface area contributed by atoms with Gasteiger partial charge in [-0.3, -0.25) is 14.3 Å². The second-order valence-electron chi connectivity index (χ2n) is 5.36. The monoisotopic (exact) mass is 282 g/mol. The van der Waals surface area contributed by atoms with E-state index < -0.39 is 17.4 Å². The van der Waals surface area contributed by atoms with Crippen LogP contribution in [0.25, 0.3) is 0 Å². The van der Waals surface area contributed by atoms with Crippen LogP contribution in [0.15, 0.2) is 12.3 Å². The number of rotatable bonds is 7. The van der Waals surface area contributed by atoms with Gasteiger partial charge in [0.1, 0.15) is 0 Å². The predicted molar refractivity (Wildman–Crippen MR) is 73.1 cm³/mol. The van der Waals surface area contributed by atoms with Crippen LogP contribution in [0.1, 0.15) is 32.9 Å². The van der Waals surface area contributed by atoms with E-state index in [1.807, 2.05) is 13.8 Å². The summed E-state index contributed by atoms with van der Waals surface area (Å²) >= 11 is 0. The Bertz CT molecular complexity index is 481. The van der Waals surface area contributed by atoms with E-state index in [2.05, 4.69) is 5.10 Å². The molecule has 0 saturated heterocycles. The van der Waals surface area contributed by atoms with E-state index in [-0.39, 0.29) is 25.4 Å². The van der Waals surface area contributed by atoms with E-state index in [9.17, 15) is 14.7 Å². The summed E-state index contributed by atoms with van der Waals surface area (Å²) in [6.07, 6.45) is 1.99. The summed E-state index contributed by atoms with van der Waals surface area (Å²) in [5.41, 5.74) is -0.998. The zero-order valence-electron chi connectivity index (χ0n) is 12.4. The SMILES string of the molecule is CCOC(=O)C(Cc1ccn(C)n1)(CC(C)C)C(=O)O. The molecule has 6 nitrogen and oxygen atoms in total. The van der Waals surface area contributed by atoms with Crippen molar-refractivity contribution in [3.63, 3.8) is 0 Å². The average Bonchev–Trinajstić information content (AvgIpc) is 2.73. The minimum absolute atomic E-state index is 0.0419. The number of ether oxygens (including phenoxy) is 1. The Labute approximate surface area is 118 Å². The first-order valence-electron chi connectivity index (χ1n) is 6.71.